The maximum absolute atomic E-state index is 11.1. The minimum Gasteiger partial charge on any atom is -0.399 e. The van der Waals surface area contributed by atoms with E-state index in [1.165, 1.54) is 11.6 Å². The number of carbonyl (C=O) groups is 2. The molecule has 0 aromatic heterocycles. The van der Waals surface area contributed by atoms with Crippen molar-refractivity contribution in [3.05, 3.63) is 68.8 Å². The molecule has 0 atom stereocenters. The van der Waals surface area contributed by atoms with Gasteiger partial charge in [0.05, 0.1) is 4.92 Å². The van der Waals surface area contributed by atoms with E-state index in [9.17, 15) is 19.7 Å². The molecule has 2 N–H and O–H groups in total. The zero-order chi connectivity index (χ0) is 18.7. The molecule has 2 aromatic carbocycles. The Hall–Kier alpha value is -3.02. The first kappa shape index (κ1) is 17.8. The zero-order valence-electron chi connectivity index (χ0n) is 14.4. The number of rotatable bonds is 1. The smallest absolute Gasteiger partial charge is 0.269 e. The third-order valence-electron chi connectivity index (χ3n) is 4.75. The summed E-state index contributed by atoms with van der Waals surface area (Å²) in [7, 11) is 0. The van der Waals surface area contributed by atoms with Gasteiger partial charge in [-0.1, -0.05) is 12.1 Å². The van der Waals surface area contributed by atoms with Crippen molar-refractivity contribution in [1.82, 2.24) is 0 Å². The Labute approximate surface area is 151 Å². The monoisotopic (exact) mass is 352 g/mol. The Morgan fingerprint density at radius 3 is 1.88 bits per heavy atom. The number of fused-ring (bicyclic) bond motifs is 2. The molecule has 134 valence electrons. The number of hydrogen-bond acceptors (Lipinski definition) is 5. The first-order valence-corrected chi connectivity index (χ1v) is 8.59. The number of non-ortho nitro benzene ring substituents is 1. The van der Waals surface area contributed by atoms with E-state index in [1.807, 2.05) is 18.2 Å². The summed E-state index contributed by atoms with van der Waals surface area (Å²) >= 11 is 0. The number of anilines is 1. The van der Waals surface area contributed by atoms with E-state index < -0.39 is 4.92 Å². The van der Waals surface area contributed by atoms with Gasteiger partial charge < -0.3 is 5.73 Å². The lowest BCUT2D eigenvalue weighted by molar-refractivity contribution is -0.384. The number of benzene rings is 2. The fourth-order valence-electron chi connectivity index (χ4n) is 3.33. The predicted octanol–water partition coefficient (Wildman–Crippen LogP) is 2.98. The van der Waals surface area contributed by atoms with Crippen molar-refractivity contribution in [1.29, 1.82) is 0 Å². The van der Waals surface area contributed by atoms with E-state index in [0.717, 1.165) is 28.8 Å². The van der Waals surface area contributed by atoms with Crippen LogP contribution >= 0.6 is 0 Å². The van der Waals surface area contributed by atoms with Crippen LogP contribution in [0, 0.1) is 10.1 Å². The van der Waals surface area contributed by atoms with Crippen molar-refractivity contribution in [3.63, 3.8) is 0 Å². The van der Waals surface area contributed by atoms with Crippen molar-refractivity contribution in [2.24, 2.45) is 0 Å². The number of nitrogens with two attached hydrogens (primary N) is 1. The Kier molecular flexibility index (Phi) is 5.11. The van der Waals surface area contributed by atoms with Crippen LogP contribution in [0.5, 0.6) is 0 Å². The van der Waals surface area contributed by atoms with Crippen LogP contribution in [0.25, 0.3) is 0 Å². The molecular weight excluding hydrogens is 332 g/mol. The molecule has 0 aliphatic heterocycles. The SMILES string of the molecule is Nc1ccc2c(c1)CCC(=O)C2.O=C1CCc2cc([N+](=O)[O-])ccc2C1. The van der Waals surface area contributed by atoms with Crippen molar-refractivity contribution < 1.29 is 14.5 Å². The number of aryl methyl sites for hydroxylation is 2. The lowest BCUT2D eigenvalue weighted by Gasteiger charge is -2.14. The molecule has 0 spiro atoms. The first-order valence-electron chi connectivity index (χ1n) is 8.59. The average molecular weight is 352 g/mol. The molecule has 0 amide bonds. The van der Waals surface area contributed by atoms with E-state index in [2.05, 4.69) is 0 Å². The fourth-order valence-corrected chi connectivity index (χ4v) is 3.33. The van der Waals surface area contributed by atoms with Crippen LogP contribution in [0.15, 0.2) is 36.4 Å². The predicted molar refractivity (Wildman–Crippen MR) is 98.0 cm³/mol. The van der Waals surface area contributed by atoms with Crippen LogP contribution in [0.4, 0.5) is 11.4 Å². The Bertz CT molecular complexity index is 889. The molecule has 0 heterocycles. The quantitative estimate of drug-likeness (QED) is 0.483. The second-order valence-corrected chi connectivity index (χ2v) is 6.67. The van der Waals surface area contributed by atoms with Gasteiger partial charge in [-0.25, -0.2) is 0 Å². The standard InChI is InChI=1S/C10H9NO3.C10H11NO/c12-10-4-2-7-5-9(11(13)14)3-1-8(7)6-10;11-9-3-1-8-6-10(12)4-2-7(8)5-9/h1,3,5H,2,4,6H2;1,3,5H,2,4,6,11H2. The highest BCUT2D eigenvalue weighted by Gasteiger charge is 2.18. The molecule has 0 saturated heterocycles. The Morgan fingerprint density at radius 1 is 0.769 bits per heavy atom. The summed E-state index contributed by atoms with van der Waals surface area (Å²) in [6, 6.07) is 10.5. The molecule has 2 aliphatic carbocycles. The minimum absolute atomic E-state index is 0.109. The number of nitrogens with zero attached hydrogens (tertiary/aromatic N) is 1. The lowest BCUT2D eigenvalue weighted by Crippen LogP contribution is -2.13. The van der Waals surface area contributed by atoms with Crippen LogP contribution in [0.1, 0.15) is 35.1 Å². The molecule has 0 unspecified atom stereocenters. The van der Waals surface area contributed by atoms with Gasteiger partial charge in [0.1, 0.15) is 11.6 Å². The van der Waals surface area contributed by atoms with Gasteiger partial charge in [0.15, 0.2) is 0 Å². The van der Waals surface area contributed by atoms with Crippen LogP contribution < -0.4 is 5.73 Å². The first-order chi connectivity index (χ1) is 12.4. The van der Waals surface area contributed by atoms with Crippen molar-refractivity contribution in [2.45, 2.75) is 38.5 Å². The molecule has 6 nitrogen and oxygen atoms in total. The van der Waals surface area contributed by atoms with Crippen molar-refractivity contribution in [2.75, 3.05) is 5.73 Å². The van der Waals surface area contributed by atoms with Gasteiger partial charge in [-0.3, -0.25) is 19.7 Å². The molecule has 0 bridgehead atoms. The molecular formula is C20H20N2O4. The van der Waals surface area contributed by atoms with E-state index in [1.54, 1.807) is 12.1 Å². The third-order valence-corrected chi connectivity index (χ3v) is 4.75. The molecule has 0 radical (unpaired) electrons. The van der Waals surface area contributed by atoms with Gasteiger partial charge in [-0.2, -0.15) is 0 Å². The number of hydrogen-bond donors (Lipinski definition) is 1. The highest BCUT2D eigenvalue weighted by molar-refractivity contribution is 5.84. The Morgan fingerprint density at radius 2 is 1.31 bits per heavy atom. The third kappa shape index (κ3) is 4.14. The molecule has 0 fully saturated rings. The average Bonchev–Trinajstić information content (AvgIpc) is 2.62. The summed E-state index contributed by atoms with van der Waals surface area (Å²) in [4.78, 5) is 32.3. The molecule has 4 rings (SSSR count). The highest BCUT2D eigenvalue weighted by atomic mass is 16.6. The molecule has 2 aliphatic rings. The summed E-state index contributed by atoms with van der Waals surface area (Å²) in [6.07, 6.45) is 3.70. The molecule has 26 heavy (non-hydrogen) atoms. The van der Waals surface area contributed by atoms with Crippen LogP contribution in [0.3, 0.4) is 0 Å². The van der Waals surface area contributed by atoms with Crippen LogP contribution in [-0.4, -0.2) is 16.5 Å². The normalized spacial score (nSPS) is 15.4. The van der Waals surface area contributed by atoms with E-state index >= 15 is 0 Å². The van der Waals surface area contributed by atoms with Gasteiger partial charge in [0.2, 0.25) is 0 Å². The number of ketones is 2. The molecule has 2 aromatic rings. The van der Waals surface area contributed by atoms with Gasteiger partial charge >= 0.3 is 0 Å². The second-order valence-electron chi connectivity index (χ2n) is 6.67. The number of nitrogen functional groups attached to an aromatic ring is 1. The van der Waals surface area contributed by atoms with E-state index in [-0.39, 0.29) is 11.5 Å². The van der Waals surface area contributed by atoms with Crippen molar-refractivity contribution in [3.8, 4) is 0 Å². The van der Waals surface area contributed by atoms with Gasteiger partial charge in [-0.05, 0) is 47.2 Å². The van der Waals surface area contributed by atoms with Crippen LogP contribution in [-0.2, 0) is 35.3 Å². The zero-order valence-corrected chi connectivity index (χ0v) is 14.4. The van der Waals surface area contributed by atoms with Crippen LogP contribution in [0.2, 0.25) is 0 Å². The number of carbonyl (C=O) groups excluding carboxylic acids is 2. The van der Waals surface area contributed by atoms with Gasteiger partial charge in [-0.15, -0.1) is 0 Å². The van der Waals surface area contributed by atoms with Gasteiger partial charge in [0, 0.05) is 43.5 Å². The van der Waals surface area contributed by atoms with E-state index in [4.69, 9.17) is 5.73 Å². The summed E-state index contributed by atoms with van der Waals surface area (Å²) in [5.74, 6) is 0.554. The van der Waals surface area contributed by atoms with Crippen molar-refractivity contribution >= 4 is 22.9 Å². The fraction of sp³-hybridized carbons (Fsp3) is 0.300. The molecule has 0 saturated carbocycles. The summed E-state index contributed by atoms with van der Waals surface area (Å²) in [5.41, 5.74) is 10.8. The Balaban J connectivity index is 0.000000152. The van der Waals surface area contributed by atoms with E-state index in [0.29, 0.717) is 37.9 Å². The number of nitro benzene ring substituents is 1. The summed E-state index contributed by atoms with van der Waals surface area (Å²) in [5, 5.41) is 10.5. The number of Topliss-reactive ketones (excluding diaryl/α,β-unsaturated/α-hetero) is 2. The maximum atomic E-state index is 11.1. The summed E-state index contributed by atoms with van der Waals surface area (Å²) in [6.45, 7) is 0. The lowest BCUT2D eigenvalue weighted by atomic mass is 9.90. The van der Waals surface area contributed by atoms with Gasteiger partial charge in [0.25, 0.3) is 5.69 Å². The second kappa shape index (κ2) is 7.47. The maximum Gasteiger partial charge on any atom is 0.269 e. The number of nitro groups is 1. The summed E-state index contributed by atoms with van der Waals surface area (Å²) < 4.78 is 0. The molecule has 6 heteroatoms. The largest absolute Gasteiger partial charge is 0.399 e. The highest BCUT2D eigenvalue weighted by Crippen LogP contribution is 2.24. The topological polar surface area (TPSA) is 103 Å². The minimum atomic E-state index is -0.406.